The zero-order valence-electron chi connectivity index (χ0n) is 16.8. The quantitative estimate of drug-likeness (QED) is 0.350. The number of carbonyl (C=O) groups excluding carboxylic acids is 2. The summed E-state index contributed by atoms with van der Waals surface area (Å²) in [5, 5.41) is 12.4. The SMILES string of the molecule is CC1=NN(c2ccc(S(N)(=O)=O)cc2)C(=O)C1=Cc1ccc(OC(=O)c2cccs2)cc1. The Hall–Kier alpha value is -3.60. The van der Waals surface area contributed by atoms with Crippen molar-refractivity contribution in [3.05, 3.63) is 82.1 Å². The molecule has 0 bridgehead atoms. The Morgan fingerprint density at radius 3 is 2.38 bits per heavy atom. The number of hydrogen-bond acceptors (Lipinski definition) is 7. The zero-order valence-corrected chi connectivity index (χ0v) is 18.4. The fourth-order valence-corrected chi connectivity index (χ4v) is 4.10. The minimum atomic E-state index is -3.82. The summed E-state index contributed by atoms with van der Waals surface area (Å²) in [4.78, 5) is 25.4. The number of primary sulfonamides is 1. The third-order valence-electron chi connectivity index (χ3n) is 4.60. The summed E-state index contributed by atoms with van der Waals surface area (Å²) in [5.74, 6) is -0.381. The number of amides is 1. The molecule has 2 aromatic carbocycles. The average Bonchev–Trinajstić information content (AvgIpc) is 3.39. The molecule has 0 aliphatic carbocycles. The van der Waals surface area contributed by atoms with Crippen LogP contribution in [0.1, 0.15) is 22.2 Å². The van der Waals surface area contributed by atoms with Crippen LogP contribution in [0.25, 0.3) is 6.08 Å². The highest BCUT2D eigenvalue weighted by Crippen LogP contribution is 2.26. The Morgan fingerprint density at radius 2 is 1.78 bits per heavy atom. The molecule has 8 nitrogen and oxygen atoms in total. The molecule has 162 valence electrons. The summed E-state index contributed by atoms with van der Waals surface area (Å²) in [6.45, 7) is 1.71. The number of nitrogens with two attached hydrogens (primary N) is 1. The van der Waals surface area contributed by atoms with Gasteiger partial charge in [-0.25, -0.2) is 18.4 Å². The Labute approximate surface area is 188 Å². The average molecular weight is 468 g/mol. The molecule has 1 aliphatic rings. The molecule has 0 unspecified atom stereocenters. The highest BCUT2D eigenvalue weighted by atomic mass is 32.2. The van der Waals surface area contributed by atoms with Crippen LogP contribution in [0, 0.1) is 0 Å². The van der Waals surface area contributed by atoms with E-state index in [-0.39, 0.29) is 10.8 Å². The van der Waals surface area contributed by atoms with E-state index in [1.54, 1.807) is 54.8 Å². The highest BCUT2D eigenvalue weighted by Gasteiger charge is 2.28. The normalized spacial score (nSPS) is 15.2. The van der Waals surface area contributed by atoms with E-state index < -0.39 is 16.0 Å². The van der Waals surface area contributed by atoms with E-state index in [4.69, 9.17) is 9.88 Å². The van der Waals surface area contributed by atoms with Crippen LogP contribution in [-0.4, -0.2) is 26.0 Å². The van der Waals surface area contributed by atoms with Gasteiger partial charge in [0.1, 0.15) is 10.6 Å². The van der Waals surface area contributed by atoms with Gasteiger partial charge in [0.2, 0.25) is 10.0 Å². The maximum Gasteiger partial charge on any atom is 0.353 e. The van der Waals surface area contributed by atoms with Crippen molar-refractivity contribution in [1.29, 1.82) is 0 Å². The van der Waals surface area contributed by atoms with Crippen molar-refractivity contribution >= 4 is 50.7 Å². The van der Waals surface area contributed by atoms with E-state index >= 15 is 0 Å². The van der Waals surface area contributed by atoms with Gasteiger partial charge >= 0.3 is 5.97 Å². The van der Waals surface area contributed by atoms with Crippen LogP contribution in [0.5, 0.6) is 5.75 Å². The first-order chi connectivity index (χ1) is 15.2. The first kappa shape index (κ1) is 21.6. The molecule has 0 saturated carbocycles. The Balaban J connectivity index is 1.50. The summed E-state index contributed by atoms with van der Waals surface area (Å²) in [6.07, 6.45) is 1.69. The molecular formula is C22H17N3O5S2. The second-order valence-electron chi connectivity index (χ2n) is 6.84. The number of benzene rings is 2. The van der Waals surface area contributed by atoms with E-state index in [1.165, 1.54) is 40.6 Å². The molecule has 0 atom stereocenters. The molecular weight excluding hydrogens is 450 g/mol. The lowest BCUT2D eigenvalue weighted by atomic mass is 10.1. The summed E-state index contributed by atoms with van der Waals surface area (Å²) in [5.41, 5.74) is 2.05. The monoisotopic (exact) mass is 467 g/mol. The number of sulfonamides is 1. The molecule has 2 N–H and O–H groups in total. The van der Waals surface area contributed by atoms with Gasteiger partial charge in [-0.15, -0.1) is 11.3 Å². The molecule has 0 radical (unpaired) electrons. The third-order valence-corrected chi connectivity index (χ3v) is 6.38. The zero-order chi connectivity index (χ0) is 22.9. The molecule has 4 rings (SSSR count). The minimum absolute atomic E-state index is 0.0516. The minimum Gasteiger partial charge on any atom is -0.422 e. The Morgan fingerprint density at radius 1 is 1.09 bits per heavy atom. The van der Waals surface area contributed by atoms with Crippen LogP contribution < -0.4 is 14.9 Å². The number of esters is 1. The second-order valence-corrected chi connectivity index (χ2v) is 9.34. The van der Waals surface area contributed by atoms with Gasteiger partial charge in [0.05, 0.1) is 21.9 Å². The standard InChI is InChI=1S/C22H17N3O5S2/c1-14-19(21(26)25(24-14)16-6-10-18(11-7-16)32(23,28)29)13-15-4-8-17(9-5-15)30-22(27)20-3-2-12-31-20/h2-13H,1H3,(H2,23,28,29). The summed E-state index contributed by atoms with van der Waals surface area (Å²) in [6, 6.07) is 15.8. The maximum absolute atomic E-state index is 12.9. The number of ether oxygens (including phenoxy) is 1. The number of rotatable bonds is 5. The van der Waals surface area contributed by atoms with Gasteiger partial charge in [0.15, 0.2) is 0 Å². The molecule has 1 aliphatic heterocycles. The summed E-state index contributed by atoms with van der Waals surface area (Å²) < 4.78 is 28.2. The molecule has 10 heteroatoms. The molecule has 1 amide bonds. The maximum atomic E-state index is 12.9. The molecule has 3 aromatic rings. The predicted molar refractivity (Wildman–Crippen MR) is 122 cm³/mol. The van der Waals surface area contributed by atoms with Gasteiger partial charge in [-0.2, -0.15) is 10.1 Å². The van der Waals surface area contributed by atoms with Crippen molar-refractivity contribution in [3.8, 4) is 5.75 Å². The van der Waals surface area contributed by atoms with E-state index in [0.29, 0.717) is 27.6 Å². The van der Waals surface area contributed by atoms with Crippen molar-refractivity contribution in [2.45, 2.75) is 11.8 Å². The van der Waals surface area contributed by atoms with Crippen LogP contribution in [0.4, 0.5) is 5.69 Å². The number of nitrogens with zero attached hydrogens (tertiary/aromatic N) is 2. The van der Waals surface area contributed by atoms with Crippen LogP contribution >= 0.6 is 11.3 Å². The fraction of sp³-hybridized carbons (Fsp3) is 0.0455. The number of anilines is 1. The van der Waals surface area contributed by atoms with Gasteiger partial charge in [-0.1, -0.05) is 18.2 Å². The van der Waals surface area contributed by atoms with E-state index in [1.807, 2.05) is 0 Å². The molecule has 0 fully saturated rings. The van der Waals surface area contributed by atoms with Crippen LogP contribution in [0.3, 0.4) is 0 Å². The second kappa shape index (κ2) is 8.50. The van der Waals surface area contributed by atoms with Crippen molar-refractivity contribution < 1.29 is 22.7 Å². The number of hydrogen-bond donors (Lipinski definition) is 1. The van der Waals surface area contributed by atoms with Crippen LogP contribution in [0.2, 0.25) is 0 Å². The van der Waals surface area contributed by atoms with Gasteiger partial charge in [-0.3, -0.25) is 4.79 Å². The predicted octanol–water partition coefficient (Wildman–Crippen LogP) is 3.42. The number of carbonyl (C=O) groups is 2. The lowest BCUT2D eigenvalue weighted by molar-refractivity contribution is -0.114. The third kappa shape index (κ3) is 4.52. The number of thiophene rings is 1. The molecule has 32 heavy (non-hydrogen) atoms. The Kier molecular flexibility index (Phi) is 5.74. The number of hydrazone groups is 1. The largest absolute Gasteiger partial charge is 0.422 e. The summed E-state index contributed by atoms with van der Waals surface area (Å²) >= 11 is 1.30. The van der Waals surface area contributed by atoms with Gasteiger partial charge in [0.25, 0.3) is 5.91 Å². The lowest BCUT2D eigenvalue weighted by Gasteiger charge is -2.12. The molecule has 2 heterocycles. The van der Waals surface area contributed by atoms with Gasteiger partial charge in [-0.05, 0) is 66.4 Å². The van der Waals surface area contributed by atoms with Crippen molar-refractivity contribution in [2.24, 2.45) is 10.2 Å². The molecule has 0 saturated heterocycles. The molecule has 1 aromatic heterocycles. The van der Waals surface area contributed by atoms with Crippen molar-refractivity contribution in [3.63, 3.8) is 0 Å². The fourth-order valence-electron chi connectivity index (χ4n) is 2.99. The Bertz CT molecular complexity index is 1340. The van der Waals surface area contributed by atoms with Gasteiger partial charge < -0.3 is 4.74 Å². The van der Waals surface area contributed by atoms with E-state index in [2.05, 4.69) is 5.10 Å². The molecule has 0 spiro atoms. The van der Waals surface area contributed by atoms with Gasteiger partial charge in [0, 0.05) is 0 Å². The topological polar surface area (TPSA) is 119 Å². The van der Waals surface area contributed by atoms with Crippen molar-refractivity contribution in [2.75, 3.05) is 5.01 Å². The van der Waals surface area contributed by atoms with Crippen LogP contribution in [0.15, 0.2) is 81.6 Å². The first-order valence-electron chi connectivity index (χ1n) is 9.33. The van der Waals surface area contributed by atoms with Crippen molar-refractivity contribution in [1.82, 2.24) is 0 Å². The highest BCUT2D eigenvalue weighted by molar-refractivity contribution is 7.89. The first-order valence-corrected chi connectivity index (χ1v) is 11.8. The van der Waals surface area contributed by atoms with Crippen LogP contribution in [-0.2, 0) is 14.8 Å². The van der Waals surface area contributed by atoms with E-state index in [0.717, 1.165) is 5.56 Å². The lowest BCUT2D eigenvalue weighted by Crippen LogP contribution is -2.21. The summed E-state index contributed by atoms with van der Waals surface area (Å²) in [7, 11) is -3.82. The van der Waals surface area contributed by atoms with E-state index in [9.17, 15) is 18.0 Å². The smallest absolute Gasteiger partial charge is 0.353 e.